The number of benzene rings is 1. The molecule has 0 unspecified atom stereocenters. The Morgan fingerprint density at radius 2 is 1.90 bits per heavy atom. The lowest BCUT2D eigenvalue weighted by atomic mass is 10.2. The van der Waals surface area contributed by atoms with E-state index >= 15 is 0 Å². The maximum absolute atomic E-state index is 5.81. The molecule has 20 heavy (non-hydrogen) atoms. The number of rotatable bonds is 11. The molecular weight excluding hydrogens is 252 g/mol. The molecule has 0 atom stereocenters. The molecule has 0 aliphatic rings. The van der Waals surface area contributed by atoms with Crippen LogP contribution in [0.2, 0.25) is 0 Å². The zero-order valence-corrected chi connectivity index (χ0v) is 12.8. The third-order valence-electron chi connectivity index (χ3n) is 3.27. The van der Waals surface area contributed by atoms with E-state index in [0.29, 0.717) is 6.54 Å². The van der Waals surface area contributed by atoms with E-state index in [0.717, 1.165) is 57.2 Å². The van der Waals surface area contributed by atoms with Gasteiger partial charge in [0, 0.05) is 31.8 Å². The topological polar surface area (TPSA) is 47.7 Å². The highest BCUT2D eigenvalue weighted by molar-refractivity contribution is 5.32. The highest BCUT2D eigenvalue weighted by atomic mass is 16.5. The second-order valence-corrected chi connectivity index (χ2v) is 4.65. The molecule has 1 rings (SSSR count). The molecule has 1 aromatic carbocycles. The van der Waals surface area contributed by atoms with Crippen LogP contribution in [0, 0.1) is 0 Å². The van der Waals surface area contributed by atoms with Gasteiger partial charge in [-0.15, -0.1) is 0 Å². The van der Waals surface area contributed by atoms with Gasteiger partial charge in [0.15, 0.2) is 0 Å². The van der Waals surface area contributed by atoms with Crippen molar-refractivity contribution in [1.82, 2.24) is 4.90 Å². The fourth-order valence-corrected chi connectivity index (χ4v) is 2.05. The summed E-state index contributed by atoms with van der Waals surface area (Å²) in [5.74, 6) is 0.910. The third kappa shape index (κ3) is 6.37. The van der Waals surface area contributed by atoms with Crippen molar-refractivity contribution in [3.63, 3.8) is 0 Å². The Hall–Kier alpha value is -1.10. The summed E-state index contributed by atoms with van der Waals surface area (Å²) in [7, 11) is 0. The van der Waals surface area contributed by atoms with Gasteiger partial charge in [-0.2, -0.15) is 0 Å². The number of ether oxygens (including phenoxy) is 2. The molecule has 0 saturated carbocycles. The molecule has 2 N–H and O–H groups in total. The van der Waals surface area contributed by atoms with Crippen molar-refractivity contribution in [3.05, 3.63) is 29.8 Å². The van der Waals surface area contributed by atoms with Crippen LogP contribution >= 0.6 is 0 Å². The van der Waals surface area contributed by atoms with Crippen LogP contribution < -0.4 is 10.5 Å². The zero-order valence-electron chi connectivity index (χ0n) is 12.8. The molecule has 0 saturated heterocycles. The van der Waals surface area contributed by atoms with Gasteiger partial charge in [-0.25, -0.2) is 0 Å². The summed E-state index contributed by atoms with van der Waals surface area (Å²) in [5, 5.41) is 0. The Morgan fingerprint density at radius 3 is 2.60 bits per heavy atom. The normalized spacial score (nSPS) is 11.0. The molecule has 0 fully saturated rings. The molecule has 0 spiro atoms. The van der Waals surface area contributed by atoms with E-state index < -0.39 is 0 Å². The van der Waals surface area contributed by atoms with Gasteiger partial charge in [0.05, 0.1) is 13.2 Å². The number of nitrogens with two attached hydrogens (primary N) is 1. The molecule has 1 aromatic rings. The van der Waals surface area contributed by atoms with Crippen LogP contribution in [0.1, 0.15) is 25.8 Å². The molecule has 4 heteroatoms. The van der Waals surface area contributed by atoms with E-state index in [1.165, 1.54) is 0 Å². The molecular formula is C16H28N2O2. The first-order valence-corrected chi connectivity index (χ1v) is 7.52. The predicted molar refractivity (Wildman–Crippen MR) is 83.1 cm³/mol. The molecule has 0 aliphatic carbocycles. The highest BCUT2D eigenvalue weighted by Crippen LogP contribution is 2.17. The Morgan fingerprint density at radius 1 is 1.10 bits per heavy atom. The second kappa shape index (κ2) is 10.7. The van der Waals surface area contributed by atoms with Gasteiger partial charge in [0.25, 0.3) is 0 Å². The summed E-state index contributed by atoms with van der Waals surface area (Å²) in [4.78, 5) is 2.38. The van der Waals surface area contributed by atoms with Crippen LogP contribution in [0.15, 0.2) is 24.3 Å². The van der Waals surface area contributed by atoms with Gasteiger partial charge in [-0.1, -0.05) is 25.1 Å². The minimum atomic E-state index is 0.519. The molecule has 0 amide bonds. The Balaban J connectivity index is 2.22. The quantitative estimate of drug-likeness (QED) is 0.632. The van der Waals surface area contributed by atoms with Crippen LogP contribution in [0.3, 0.4) is 0 Å². The minimum absolute atomic E-state index is 0.519. The van der Waals surface area contributed by atoms with Gasteiger partial charge in [0.2, 0.25) is 0 Å². The van der Waals surface area contributed by atoms with E-state index in [1.807, 2.05) is 31.2 Å². The molecule has 0 radical (unpaired) electrons. The summed E-state index contributed by atoms with van der Waals surface area (Å²) in [6.45, 7) is 10.1. The first-order chi connectivity index (χ1) is 9.81. The number of likely N-dealkylation sites (N-methyl/N-ethyl adjacent to an activating group) is 1. The molecule has 0 aromatic heterocycles. The summed E-state index contributed by atoms with van der Waals surface area (Å²) in [6, 6.07) is 7.96. The predicted octanol–water partition coefficient (Wildman–Crippen LogP) is 2.27. The van der Waals surface area contributed by atoms with Crippen molar-refractivity contribution in [2.75, 3.05) is 39.5 Å². The van der Waals surface area contributed by atoms with Crippen molar-refractivity contribution < 1.29 is 9.47 Å². The molecule has 0 heterocycles. The Labute approximate surface area is 122 Å². The van der Waals surface area contributed by atoms with Crippen LogP contribution in [-0.2, 0) is 11.3 Å². The number of hydrogen-bond acceptors (Lipinski definition) is 4. The third-order valence-corrected chi connectivity index (χ3v) is 3.27. The van der Waals surface area contributed by atoms with Crippen molar-refractivity contribution in [2.45, 2.75) is 26.8 Å². The lowest BCUT2D eigenvalue weighted by molar-refractivity contribution is 0.112. The second-order valence-electron chi connectivity index (χ2n) is 4.65. The van der Waals surface area contributed by atoms with Crippen molar-refractivity contribution in [1.29, 1.82) is 0 Å². The van der Waals surface area contributed by atoms with Gasteiger partial charge in [0.1, 0.15) is 5.75 Å². The number of nitrogens with zero attached hydrogens (tertiary/aromatic N) is 1. The molecule has 4 nitrogen and oxygen atoms in total. The highest BCUT2D eigenvalue weighted by Gasteiger charge is 2.03. The summed E-state index contributed by atoms with van der Waals surface area (Å²) >= 11 is 0. The standard InChI is InChI=1S/C16H28N2O2/c1-3-18(11-13-19-4-2)10-7-12-20-16-9-6-5-8-15(16)14-17/h5-6,8-9H,3-4,7,10-14,17H2,1-2H3. The van der Waals surface area contributed by atoms with E-state index in [4.69, 9.17) is 15.2 Å². The fourth-order valence-electron chi connectivity index (χ4n) is 2.05. The largest absolute Gasteiger partial charge is 0.493 e. The number of para-hydroxylation sites is 1. The molecule has 114 valence electrons. The summed E-state index contributed by atoms with van der Waals surface area (Å²) in [5.41, 5.74) is 6.76. The first kappa shape index (κ1) is 17.0. The summed E-state index contributed by atoms with van der Waals surface area (Å²) in [6.07, 6.45) is 1.01. The average molecular weight is 280 g/mol. The van der Waals surface area contributed by atoms with Gasteiger partial charge < -0.3 is 20.1 Å². The van der Waals surface area contributed by atoms with E-state index in [-0.39, 0.29) is 0 Å². The maximum atomic E-state index is 5.81. The van der Waals surface area contributed by atoms with E-state index in [9.17, 15) is 0 Å². The van der Waals surface area contributed by atoms with Gasteiger partial charge >= 0.3 is 0 Å². The lowest BCUT2D eigenvalue weighted by Gasteiger charge is -2.20. The Bertz CT molecular complexity index is 358. The first-order valence-electron chi connectivity index (χ1n) is 7.52. The number of hydrogen-bond donors (Lipinski definition) is 1. The van der Waals surface area contributed by atoms with Crippen molar-refractivity contribution in [2.24, 2.45) is 5.73 Å². The van der Waals surface area contributed by atoms with Crippen LogP contribution in [0.25, 0.3) is 0 Å². The monoisotopic (exact) mass is 280 g/mol. The summed E-state index contributed by atoms with van der Waals surface area (Å²) < 4.78 is 11.2. The van der Waals surface area contributed by atoms with E-state index in [1.54, 1.807) is 0 Å². The molecule has 0 bridgehead atoms. The van der Waals surface area contributed by atoms with Gasteiger partial charge in [-0.3, -0.25) is 0 Å². The average Bonchev–Trinajstić information content (AvgIpc) is 2.50. The maximum Gasteiger partial charge on any atom is 0.123 e. The van der Waals surface area contributed by atoms with Crippen LogP contribution in [0.5, 0.6) is 5.75 Å². The smallest absolute Gasteiger partial charge is 0.123 e. The van der Waals surface area contributed by atoms with Crippen molar-refractivity contribution in [3.8, 4) is 5.75 Å². The lowest BCUT2D eigenvalue weighted by Crippen LogP contribution is -2.29. The zero-order chi connectivity index (χ0) is 14.6. The van der Waals surface area contributed by atoms with E-state index in [2.05, 4.69) is 11.8 Å². The SMILES string of the molecule is CCOCCN(CC)CCCOc1ccccc1CN. The minimum Gasteiger partial charge on any atom is -0.493 e. The molecule has 0 aliphatic heterocycles. The fraction of sp³-hybridized carbons (Fsp3) is 0.625. The van der Waals surface area contributed by atoms with Crippen LogP contribution in [-0.4, -0.2) is 44.4 Å². The van der Waals surface area contributed by atoms with Crippen LogP contribution in [0.4, 0.5) is 0 Å². The Kier molecular flexibility index (Phi) is 9.04. The van der Waals surface area contributed by atoms with Gasteiger partial charge in [-0.05, 0) is 26.0 Å². The van der Waals surface area contributed by atoms with Crippen molar-refractivity contribution >= 4 is 0 Å².